The number of aryl methyl sites for hydroxylation is 2. The lowest BCUT2D eigenvalue weighted by Crippen LogP contribution is -2.36. The number of nitrogens with two attached hydrogens (primary N) is 1. The lowest BCUT2D eigenvalue weighted by molar-refractivity contribution is -0.387. The lowest BCUT2D eigenvalue weighted by atomic mass is 10.1. The third-order valence-corrected chi connectivity index (χ3v) is 19.5. The van der Waals surface area contributed by atoms with Crippen LogP contribution in [0.25, 0.3) is 0 Å². The molecule has 4 N–H and O–H groups in total. The molecule has 8 aromatic carbocycles. The zero-order valence-electron chi connectivity index (χ0n) is 71.4. The fourth-order valence-electron chi connectivity index (χ4n) is 13.4. The van der Waals surface area contributed by atoms with Gasteiger partial charge in [-0.3, -0.25) is 49.1 Å². The van der Waals surface area contributed by atoms with Gasteiger partial charge in [0, 0.05) is 104 Å². The number of fused-ring (bicyclic) bond motifs is 4. The highest BCUT2D eigenvalue weighted by molar-refractivity contribution is 6.67. The number of amides is 1. The fraction of sp³-hybridized carbons (Fsp3) is 0.333. The van der Waals surface area contributed by atoms with Crippen LogP contribution in [-0.2, 0) is 56.8 Å². The SMILES string of the molecule is CCN(C(C)C)C(C)C.CCN(CC)CC.CO.Cl.ClCCl.Nc1cc(C(F)(F)F)ccc1N1CCc2ccccc21.O=C(Cl)c1ccncc1.O=C(Nc1cc(C(F)(F)F)ccc1N1CCc2ccccc21)c1ccncc1.O=[N+]([O-])c1cc(C(F)(F)F)ccc1F.O=[N+]([O-])c1cc(C(F)(F)F)ccc1N1CCc2ccccc21.[2H]CF.c1ccc2c(c1)CCC2. The summed E-state index contributed by atoms with van der Waals surface area (Å²) >= 11 is 14.7. The predicted octanol–water partition coefficient (Wildman–Crippen LogP) is 25.2. The van der Waals surface area contributed by atoms with Gasteiger partial charge in [0.2, 0.25) is 5.82 Å². The second-order valence-electron chi connectivity index (χ2n) is 27.5. The first-order chi connectivity index (χ1) is 59.6. The standard InChI is InChI=1S/C21H16F3N3O.C15H11F3N2O2.C15H13F3N2.C9H10.C8H19N.C7H3F4NO2.C6H4ClNO.C6H15N.CH2Cl2.CH3F.CH4O.ClH/c22-21(23,24)16-5-6-19(27-12-9-14-3-1-2-4-18(14)27)17(13-16)26-20(28)15-7-10-25-11-8-15;16-15(17,18)11-5-6-13(14(9-11)20(21)22)19-8-7-10-3-1-2-4-12(10)19;16-15(17,18)11-5-6-14(12(19)9-11)20-8-7-10-3-1-2-4-13(10)20;1-2-5-9-7-3-6-8(9)4-1;1-6-9(7(2)3)8(4)5;8-5-2-1-4(7(9,10)11)3-6(5)12(13)14;7-6(9)5-1-3-8-4-2-5;1-4-7(5-2)6-3;2-1-3;2*1-2;/h1-8,10-11,13H,9,12H2,(H,26,28);1-6,9H,7-8H2;1-6,9H,7-8,19H2;1-2,4-5H,3,6-7H2;7-8H,6H2,1-5H3;1-3H;1-4H;4-6H2,1-3H3;1H2;1H3;2H,1H3;1H/i;;;;;;;;;1D;;. The molecule has 14 rings (SSSR count). The molecule has 4 aliphatic rings. The molecular formula is C90H101Cl4F14N11O7. The van der Waals surface area contributed by atoms with E-state index in [-0.39, 0.29) is 40.9 Å². The van der Waals surface area contributed by atoms with E-state index >= 15 is 0 Å². The van der Waals surface area contributed by atoms with Crippen LogP contribution in [0.1, 0.15) is 134 Å². The zero-order valence-corrected chi connectivity index (χ0v) is 73.5. The number of benzene rings is 8. The van der Waals surface area contributed by atoms with Crippen LogP contribution in [0.15, 0.2) is 219 Å². The Hall–Kier alpha value is -10.7. The normalized spacial score (nSPS) is 12.5. The summed E-state index contributed by atoms with van der Waals surface area (Å²) in [5, 5.41) is 30.7. The number of hydrogen-bond acceptors (Lipinski definition) is 15. The number of pyridine rings is 2. The molecule has 0 spiro atoms. The van der Waals surface area contributed by atoms with Crippen molar-refractivity contribution in [3.05, 3.63) is 306 Å². The van der Waals surface area contributed by atoms with Crippen LogP contribution in [0.3, 0.4) is 0 Å². The molecule has 1 amide bonds. The van der Waals surface area contributed by atoms with Gasteiger partial charge in [0.1, 0.15) is 5.69 Å². The van der Waals surface area contributed by atoms with E-state index < -0.39 is 92.3 Å². The first-order valence-corrected chi connectivity index (χ1v) is 40.5. The number of carbonyl (C=O) groups excluding carboxylic acids is 2. The van der Waals surface area contributed by atoms with Crippen molar-refractivity contribution >= 4 is 115 Å². The number of rotatable bonds is 14. The Morgan fingerprint density at radius 2 is 0.817 bits per heavy atom. The van der Waals surface area contributed by atoms with E-state index in [0.29, 0.717) is 72.3 Å². The number of nitrogen functional groups attached to an aromatic ring is 1. The molecule has 36 heteroatoms. The number of nitro benzene ring substituents is 2. The van der Waals surface area contributed by atoms with Crippen LogP contribution in [0.2, 0.25) is 0 Å². The summed E-state index contributed by atoms with van der Waals surface area (Å²) in [5.74, 6) is -1.78. The maximum absolute atomic E-state index is 13.2. The van der Waals surface area contributed by atoms with Crippen molar-refractivity contribution in [2.45, 2.75) is 131 Å². The topological polar surface area (TPSA) is 221 Å². The highest BCUT2D eigenvalue weighted by Gasteiger charge is 2.38. The Bertz CT molecular complexity index is 4990. The molecule has 18 nitrogen and oxygen atoms in total. The van der Waals surface area contributed by atoms with Crippen LogP contribution in [0.4, 0.5) is 118 Å². The molecule has 0 bridgehead atoms. The van der Waals surface area contributed by atoms with Crippen LogP contribution < -0.4 is 25.8 Å². The quantitative estimate of drug-likeness (QED) is 0.0230. The number of nitrogens with one attached hydrogen (secondary N) is 1. The summed E-state index contributed by atoms with van der Waals surface area (Å²) in [5.41, 5.74) is 11.9. The average molecular weight is 1860 g/mol. The predicted molar refractivity (Wildman–Crippen MR) is 475 cm³/mol. The maximum Gasteiger partial charge on any atom is 0.416 e. The van der Waals surface area contributed by atoms with Crippen LogP contribution >= 0.6 is 47.2 Å². The molecular weight excluding hydrogens is 1750 g/mol. The van der Waals surface area contributed by atoms with Crippen LogP contribution in [0, 0.1) is 26.0 Å². The first kappa shape index (κ1) is 108. The summed E-state index contributed by atoms with van der Waals surface area (Å²) in [6, 6.07) is 49.8. The van der Waals surface area contributed by atoms with Crippen LogP contribution in [0.5, 0.6) is 0 Å². The van der Waals surface area contributed by atoms with Crippen molar-refractivity contribution in [3.63, 3.8) is 0 Å². The van der Waals surface area contributed by atoms with Gasteiger partial charge < -0.3 is 35.8 Å². The number of nitro groups is 2. The molecule has 126 heavy (non-hydrogen) atoms. The number of aliphatic hydroxyl groups excluding tert-OH is 1. The summed E-state index contributed by atoms with van der Waals surface area (Å²) in [6.07, 6.45) is -5.90. The summed E-state index contributed by atoms with van der Waals surface area (Å²) in [6.45, 7) is 24.3. The number of anilines is 8. The number of aromatic nitrogens is 2. The molecule has 0 saturated heterocycles. The number of carbonyl (C=O) groups is 2. The second-order valence-corrected chi connectivity index (χ2v) is 28.7. The molecule has 684 valence electrons. The Morgan fingerprint density at radius 3 is 1.15 bits per heavy atom. The van der Waals surface area contributed by atoms with Crippen molar-refractivity contribution in [1.82, 2.24) is 19.8 Å². The third kappa shape index (κ3) is 33.6. The van der Waals surface area contributed by atoms with Gasteiger partial charge in [0.15, 0.2) is 0 Å². The van der Waals surface area contributed by atoms with E-state index in [1.807, 2.05) is 76.5 Å². The van der Waals surface area contributed by atoms with Crippen molar-refractivity contribution < 1.29 is 87.4 Å². The largest absolute Gasteiger partial charge is 0.416 e. The molecule has 0 saturated carbocycles. The highest BCUT2D eigenvalue weighted by atomic mass is 35.5. The number of nitrogens with zero attached hydrogens (tertiary/aromatic N) is 9. The van der Waals surface area contributed by atoms with E-state index in [2.05, 4.69) is 105 Å². The van der Waals surface area contributed by atoms with Crippen molar-refractivity contribution in [3.8, 4) is 0 Å². The average Bonchev–Trinajstić information content (AvgIpc) is 1.69. The second kappa shape index (κ2) is 53.7. The van der Waals surface area contributed by atoms with E-state index in [1.54, 1.807) is 34.2 Å². The minimum absolute atomic E-state index is 0. The first-order valence-electron chi connectivity index (χ1n) is 39.7. The number of alkyl halides is 15. The molecule has 3 aliphatic heterocycles. The minimum Gasteiger partial charge on any atom is -0.400 e. The molecule has 0 radical (unpaired) electrons. The Labute approximate surface area is 746 Å². The van der Waals surface area contributed by atoms with Gasteiger partial charge in [0.25, 0.3) is 16.8 Å². The Balaban J connectivity index is 0.000000384. The van der Waals surface area contributed by atoms with Gasteiger partial charge in [-0.2, -0.15) is 57.1 Å². The molecule has 1 aliphatic carbocycles. The van der Waals surface area contributed by atoms with Crippen molar-refractivity contribution in [2.24, 2.45) is 0 Å². The lowest BCUT2D eigenvalue weighted by Gasteiger charge is -2.28. The molecule has 0 atom stereocenters. The summed E-state index contributed by atoms with van der Waals surface area (Å²) in [7, 11) is 0. The molecule has 0 fully saturated rings. The third-order valence-electron chi connectivity index (χ3n) is 19.3. The summed E-state index contributed by atoms with van der Waals surface area (Å²) < 4.78 is 180. The molecule has 2 aromatic heterocycles. The fourth-order valence-corrected chi connectivity index (χ4v) is 13.5. The zero-order chi connectivity index (χ0) is 94.2. The van der Waals surface area contributed by atoms with Gasteiger partial charge in [-0.15, -0.1) is 35.6 Å². The number of halogens is 18. The van der Waals surface area contributed by atoms with Gasteiger partial charge in [0.05, 0.1) is 68.7 Å². The minimum atomic E-state index is -4.71. The Morgan fingerprint density at radius 1 is 0.492 bits per heavy atom. The van der Waals surface area contributed by atoms with E-state index in [9.17, 15) is 91.3 Å². The number of hydrogen-bond donors (Lipinski definition) is 3. The highest BCUT2D eigenvalue weighted by Crippen LogP contribution is 2.45. The number of aliphatic hydroxyl groups is 1. The van der Waals surface area contributed by atoms with Crippen molar-refractivity contribution in [1.29, 1.82) is 0 Å². The maximum atomic E-state index is 13.2. The number of para-hydroxylation sites is 3. The van der Waals surface area contributed by atoms with Gasteiger partial charge in [-0.25, -0.2) is 0 Å². The van der Waals surface area contributed by atoms with E-state index in [1.165, 1.54) is 99.6 Å². The van der Waals surface area contributed by atoms with Gasteiger partial charge >= 0.3 is 30.4 Å². The molecule has 10 aromatic rings. The Kier molecular flexibility index (Phi) is 45.8. The van der Waals surface area contributed by atoms with Gasteiger partial charge in [-0.1, -0.05) is 107 Å². The molecule has 0 unspecified atom stereocenters. The summed E-state index contributed by atoms with van der Waals surface area (Å²) in [4.78, 5) is 60.2. The van der Waals surface area contributed by atoms with E-state index in [0.717, 1.165) is 91.6 Å². The van der Waals surface area contributed by atoms with Gasteiger partial charge in [-0.05, 0) is 235 Å². The van der Waals surface area contributed by atoms with E-state index in [4.69, 9.17) is 47.0 Å². The molecule has 5 heterocycles. The monoisotopic (exact) mass is 1850 g/mol. The van der Waals surface area contributed by atoms with Crippen molar-refractivity contribution in [2.75, 3.05) is 91.2 Å². The van der Waals surface area contributed by atoms with Crippen LogP contribution in [-0.4, -0.2) is 123 Å². The smallest absolute Gasteiger partial charge is 0.400 e.